The number of benzene rings is 2. The number of rotatable bonds is 1. The number of pyridine rings is 1. The molecule has 1 aliphatic heterocycles. The Balaban J connectivity index is 2.19. The van der Waals surface area contributed by atoms with Gasteiger partial charge in [0.05, 0.1) is 22.4 Å². The van der Waals surface area contributed by atoms with E-state index in [9.17, 15) is 26.4 Å². The van der Waals surface area contributed by atoms with Gasteiger partial charge in [-0.15, -0.1) is 0 Å². The van der Waals surface area contributed by atoms with E-state index in [2.05, 4.69) is 0 Å². The number of aromatic nitrogens is 1. The molecule has 3 aromatic rings. The highest BCUT2D eigenvalue weighted by Gasteiger charge is 2.35. The van der Waals surface area contributed by atoms with Crippen LogP contribution in [0.25, 0.3) is 22.0 Å². The van der Waals surface area contributed by atoms with Crippen molar-refractivity contribution >= 4 is 20.7 Å². The molecule has 0 bridgehead atoms. The summed E-state index contributed by atoms with van der Waals surface area (Å²) in [4.78, 5) is 13.0. The molecular formula is C18H12F3NO3S. The third-order valence-corrected chi connectivity index (χ3v) is 6.22. The number of hydrogen-bond donors (Lipinski definition) is 0. The minimum absolute atomic E-state index is 0.00951. The van der Waals surface area contributed by atoms with Gasteiger partial charge in [-0.1, -0.05) is 30.3 Å². The van der Waals surface area contributed by atoms with Gasteiger partial charge in [-0.25, -0.2) is 8.42 Å². The standard InChI is InChI=1S/C18H12F3NO3S/c19-18(20,21)12-6-7-13-14(10-12)22-8-9-26(24,25)17(22)15(16(13)23)11-4-2-1-3-5-11/h1-7,10H,8-9H2. The largest absolute Gasteiger partial charge is 0.416 e. The number of nitrogens with zero attached hydrogens (tertiary/aromatic N) is 1. The van der Waals surface area contributed by atoms with Crippen LogP contribution in [0.15, 0.2) is 58.4 Å². The summed E-state index contributed by atoms with van der Waals surface area (Å²) in [5, 5.41) is -0.141. The van der Waals surface area contributed by atoms with Crippen LogP contribution in [0, 0.1) is 0 Å². The molecule has 0 spiro atoms. The average molecular weight is 379 g/mol. The zero-order valence-electron chi connectivity index (χ0n) is 13.2. The van der Waals surface area contributed by atoms with E-state index < -0.39 is 27.0 Å². The summed E-state index contributed by atoms with van der Waals surface area (Å²) in [7, 11) is -3.76. The van der Waals surface area contributed by atoms with Crippen LogP contribution >= 0.6 is 0 Å². The molecule has 0 unspecified atom stereocenters. The topological polar surface area (TPSA) is 56.1 Å². The van der Waals surface area contributed by atoms with Crippen LogP contribution in [-0.2, 0) is 22.6 Å². The lowest BCUT2D eigenvalue weighted by Crippen LogP contribution is -2.16. The summed E-state index contributed by atoms with van der Waals surface area (Å²) in [5.41, 5.74) is -1.09. The second-order valence-corrected chi connectivity index (χ2v) is 8.10. The lowest BCUT2D eigenvalue weighted by molar-refractivity contribution is -0.137. The van der Waals surface area contributed by atoms with E-state index in [0.29, 0.717) is 5.56 Å². The fourth-order valence-electron chi connectivity index (χ4n) is 3.31. The van der Waals surface area contributed by atoms with Crippen LogP contribution in [-0.4, -0.2) is 18.7 Å². The molecule has 26 heavy (non-hydrogen) atoms. The van der Waals surface area contributed by atoms with E-state index in [1.807, 2.05) is 0 Å². The zero-order chi connectivity index (χ0) is 18.7. The molecule has 2 heterocycles. The Morgan fingerprint density at radius 1 is 1.00 bits per heavy atom. The van der Waals surface area contributed by atoms with Gasteiger partial charge in [0, 0.05) is 11.9 Å². The smallest absolute Gasteiger partial charge is 0.330 e. The third kappa shape index (κ3) is 2.44. The number of halogens is 3. The highest BCUT2D eigenvalue weighted by Crippen LogP contribution is 2.35. The van der Waals surface area contributed by atoms with Gasteiger partial charge in [0.2, 0.25) is 0 Å². The first-order chi connectivity index (χ1) is 12.2. The van der Waals surface area contributed by atoms with E-state index in [0.717, 1.165) is 18.2 Å². The summed E-state index contributed by atoms with van der Waals surface area (Å²) < 4.78 is 65.6. The van der Waals surface area contributed by atoms with Crippen molar-refractivity contribution in [3.63, 3.8) is 0 Å². The molecule has 1 aliphatic rings. The van der Waals surface area contributed by atoms with Gasteiger partial charge in [-0.2, -0.15) is 13.2 Å². The Kier molecular flexibility index (Phi) is 3.52. The number of sulfone groups is 1. The Labute approximate surface area is 146 Å². The molecular weight excluding hydrogens is 367 g/mol. The Morgan fingerprint density at radius 2 is 1.69 bits per heavy atom. The predicted octanol–water partition coefficient (Wildman–Crippen LogP) is 3.47. The second-order valence-electron chi connectivity index (χ2n) is 6.08. The second kappa shape index (κ2) is 5.44. The van der Waals surface area contributed by atoms with Gasteiger partial charge in [-0.3, -0.25) is 4.79 Å². The van der Waals surface area contributed by atoms with Gasteiger partial charge in [0.1, 0.15) is 5.03 Å². The highest BCUT2D eigenvalue weighted by molar-refractivity contribution is 7.91. The maximum absolute atomic E-state index is 13.1. The molecule has 0 aliphatic carbocycles. The van der Waals surface area contributed by atoms with Crippen molar-refractivity contribution in [1.29, 1.82) is 0 Å². The molecule has 1 aromatic heterocycles. The SMILES string of the molecule is O=c1c(-c2ccccc2)c2n(c3cc(C(F)(F)F)ccc13)CCS2(=O)=O. The van der Waals surface area contributed by atoms with E-state index in [4.69, 9.17) is 0 Å². The Bertz CT molecular complexity index is 1200. The van der Waals surface area contributed by atoms with Crippen molar-refractivity contribution in [3.8, 4) is 11.1 Å². The summed E-state index contributed by atoms with van der Waals surface area (Å²) >= 11 is 0. The molecule has 0 saturated carbocycles. The molecule has 8 heteroatoms. The molecule has 4 rings (SSSR count). The Morgan fingerprint density at radius 3 is 2.35 bits per heavy atom. The molecule has 0 N–H and O–H groups in total. The van der Waals surface area contributed by atoms with Crippen molar-refractivity contribution in [2.75, 3.05) is 5.75 Å². The average Bonchev–Trinajstić information content (AvgIpc) is 2.91. The van der Waals surface area contributed by atoms with E-state index in [1.165, 1.54) is 4.57 Å². The first-order valence-corrected chi connectivity index (χ1v) is 9.41. The summed E-state index contributed by atoms with van der Waals surface area (Å²) in [5.74, 6) is -0.248. The number of aryl methyl sites for hydroxylation is 1. The minimum atomic E-state index is -4.58. The first kappa shape index (κ1) is 16.8. The molecule has 0 amide bonds. The van der Waals surface area contributed by atoms with Crippen LogP contribution < -0.4 is 5.43 Å². The summed E-state index contributed by atoms with van der Waals surface area (Å²) in [6.45, 7) is 0.00951. The lowest BCUT2D eigenvalue weighted by Gasteiger charge is -2.15. The van der Waals surface area contributed by atoms with E-state index in [-0.39, 0.29) is 33.8 Å². The van der Waals surface area contributed by atoms with Gasteiger partial charge < -0.3 is 4.57 Å². The van der Waals surface area contributed by atoms with Crippen LogP contribution in [0.4, 0.5) is 13.2 Å². The molecule has 4 nitrogen and oxygen atoms in total. The molecule has 0 saturated heterocycles. The fourth-order valence-corrected chi connectivity index (χ4v) is 4.98. The van der Waals surface area contributed by atoms with Gasteiger partial charge in [0.25, 0.3) is 0 Å². The van der Waals surface area contributed by atoms with Gasteiger partial charge in [-0.05, 0) is 23.8 Å². The highest BCUT2D eigenvalue weighted by atomic mass is 32.2. The van der Waals surface area contributed by atoms with E-state index >= 15 is 0 Å². The fraction of sp³-hybridized carbons (Fsp3) is 0.167. The van der Waals surface area contributed by atoms with Crippen molar-refractivity contribution in [1.82, 2.24) is 4.57 Å². The quantitative estimate of drug-likeness (QED) is 0.651. The molecule has 0 fully saturated rings. The molecule has 134 valence electrons. The number of hydrogen-bond acceptors (Lipinski definition) is 3. The third-order valence-electron chi connectivity index (χ3n) is 4.49. The summed E-state index contributed by atoms with van der Waals surface area (Å²) in [6, 6.07) is 11.1. The molecule has 2 aromatic carbocycles. The van der Waals surface area contributed by atoms with Crippen LogP contribution in [0.5, 0.6) is 0 Å². The maximum atomic E-state index is 13.1. The Hall–Kier alpha value is -2.61. The maximum Gasteiger partial charge on any atom is 0.416 e. The van der Waals surface area contributed by atoms with Crippen molar-refractivity contribution in [2.45, 2.75) is 17.7 Å². The predicted molar refractivity (Wildman–Crippen MR) is 90.7 cm³/mol. The van der Waals surface area contributed by atoms with Crippen LogP contribution in [0.2, 0.25) is 0 Å². The van der Waals surface area contributed by atoms with Crippen LogP contribution in [0.3, 0.4) is 0 Å². The molecule has 0 radical (unpaired) electrons. The number of fused-ring (bicyclic) bond motifs is 3. The van der Waals surface area contributed by atoms with Crippen molar-refractivity contribution in [2.24, 2.45) is 0 Å². The summed E-state index contributed by atoms with van der Waals surface area (Å²) in [6.07, 6.45) is -4.58. The zero-order valence-corrected chi connectivity index (χ0v) is 14.1. The normalized spacial score (nSPS) is 16.0. The van der Waals surface area contributed by atoms with Crippen molar-refractivity contribution < 1.29 is 21.6 Å². The molecule has 0 atom stereocenters. The first-order valence-electron chi connectivity index (χ1n) is 7.76. The monoisotopic (exact) mass is 379 g/mol. The van der Waals surface area contributed by atoms with Gasteiger partial charge >= 0.3 is 6.18 Å². The van der Waals surface area contributed by atoms with Gasteiger partial charge in [0.15, 0.2) is 15.3 Å². The lowest BCUT2D eigenvalue weighted by atomic mass is 10.0. The van der Waals surface area contributed by atoms with E-state index in [1.54, 1.807) is 30.3 Å². The minimum Gasteiger partial charge on any atom is -0.330 e. The van der Waals surface area contributed by atoms with Crippen LogP contribution in [0.1, 0.15) is 5.56 Å². The number of alkyl halides is 3. The van der Waals surface area contributed by atoms with Crippen molar-refractivity contribution in [3.05, 3.63) is 64.3 Å².